The highest BCUT2D eigenvalue weighted by atomic mass is 16.5. The number of hydrogen-bond acceptors (Lipinski definition) is 3. The molecule has 0 aliphatic carbocycles. The van der Waals surface area contributed by atoms with Gasteiger partial charge in [0.05, 0.1) is 7.11 Å². The molecule has 0 atom stereocenters. The van der Waals surface area contributed by atoms with Gasteiger partial charge in [-0.15, -0.1) is 0 Å². The molecule has 0 aromatic heterocycles. The van der Waals surface area contributed by atoms with E-state index < -0.39 is 0 Å². The minimum Gasteiger partial charge on any atom is -0.453 e. The maximum atomic E-state index is 11.2. The van der Waals surface area contributed by atoms with Crippen LogP contribution in [-0.4, -0.2) is 55.7 Å². The molecule has 0 N–H and O–H groups in total. The van der Waals surface area contributed by atoms with Crippen LogP contribution in [0.3, 0.4) is 0 Å². The number of nitrogens with zero attached hydrogens (tertiary/aromatic N) is 2. The Balaban J connectivity index is 2.34. The van der Waals surface area contributed by atoms with Gasteiger partial charge in [0, 0.05) is 19.1 Å². The van der Waals surface area contributed by atoms with Crippen molar-refractivity contribution in [3.63, 3.8) is 0 Å². The summed E-state index contributed by atoms with van der Waals surface area (Å²) in [5.74, 6) is 0. The van der Waals surface area contributed by atoms with Crippen LogP contribution in [0.5, 0.6) is 0 Å². The Labute approximate surface area is 85.8 Å². The number of methoxy groups -OCH3 is 1. The second-order valence-electron chi connectivity index (χ2n) is 3.76. The summed E-state index contributed by atoms with van der Waals surface area (Å²) in [6.07, 6.45) is 1.92. The SMILES string of the molecule is CCN(C)C1CCN(C(=O)OC)CC1. The van der Waals surface area contributed by atoms with Crippen LogP contribution < -0.4 is 0 Å². The molecular formula is C10H20N2O2. The number of rotatable bonds is 2. The molecule has 0 saturated carbocycles. The third-order valence-corrected chi connectivity index (χ3v) is 3.02. The van der Waals surface area contributed by atoms with Crippen molar-refractivity contribution < 1.29 is 9.53 Å². The van der Waals surface area contributed by atoms with E-state index in [0.717, 1.165) is 32.5 Å². The van der Waals surface area contributed by atoms with Gasteiger partial charge in [-0.25, -0.2) is 4.79 Å². The van der Waals surface area contributed by atoms with Gasteiger partial charge in [-0.05, 0) is 26.4 Å². The molecule has 0 unspecified atom stereocenters. The molecule has 0 aromatic carbocycles. The second kappa shape index (κ2) is 5.20. The largest absolute Gasteiger partial charge is 0.453 e. The molecular weight excluding hydrogens is 180 g/mol. The normalized spacial score (nSPS) is 18.7. The number of ether oxygens (including phenoxy) is 1. The van der Waals surface area contributed by atoms with Crippen LogP contribution in [0.1, 0.15) is 19.8 Å². The van der Waals surface area contributed by atoms with E-state index in [4.69, 9.17) is 0 Å². The van der Waals surface area contributed by atoms with Crippen LogP contribution in [0.15, 0.2) is 0 Å². The van der Waals surface area contributed by atoms with Gasteiger partial charge in [-0.1, -0.05) is 6.92 Å². The maximum absolute atomic E-state index is 11.2. The Kier molecular flexibility index (Phi) is 4.20. The van der Waals surface area contributed by atoms with Gasteiger partial charge >= 0.3 is 6.09 Å². The topological polar surface area (TPSA) is 32.8 Å². The Morgan fingerprint density at radius 1 is 1.50 bits per heavy atom. The van der Waals surface area contributed by atoms with E-state index in [1.54, 1.807) is 4.90 Å². The van der Waals surface area contributed by atoms with Crippen LogP contribution in [-0.2, 0) is 4.74 Å². The number of carbonyl (C=O) groups is 1. The summed E-state index contributed by atoms with van der Waals surface area (Å²) in [5, 5.41) is 0. The lowest BCUT2D eigenvalue weighted by molar-refractivity contribution is 0.0931. The first-order valence-electron chi connectivity index (χ1n) is 5.22. The second-order valence-corrected chi connectivity index (χ2v) is 3.76. The summed E-state index contributed by atoms with van der Waals surface area (Å²) >= 11 is 0. The van der Waals surface area contributed by atoms with Gasteiger partial charge in [-0.3, -0.25) is 0 Å². The zero-order valence-corrected chi connectivity index (χ0v) is 9.32. The summed E-state index contributed by atoms with van der Waals surface area (Å²) in [7, 11) is 3.57. The average molecular weight is 200 g/mol. The van der Waals surface area contributed by atoms with Crippen molar-refractivity contribution in [2.75, 3.05) is 33.8 Å². The molecule has 1 fully saturated rings. The standard InChI is InChI=1S/C10H20N2O2/c1-4-11(2)9-5-7-12(8-6-9)10(13)14-3/h9H,4-8H2,1-3H3. The highest BCUT2D eigenvalue weighted by molar-refractivity contribution is 5.67. The third kappa shape index (κ3) is 2.61. The number of hydrogen-bond donors (Lipinski definition) is 0. The molecule has 1 aliphatic rings. The van der Waals surface area contributed by atoms with Crippen molar-refractivity contribution in [3.05, 3.63) is 0 Å². The van der Waals surface area contributed by atoms with Gasteiger partial charge in [-0.2, -0.15) is 0 Å². The molecule has 82 valence electrons. The fraction of sp³-hybridized carbons (Fsp3) is 0.900. The van der Waals surface area contributed by atoms with Crippen LogP contribution >= 0.6 is 0 Å². The van der Waals surface area contributed by atoms with E-state index in [0.29, 0.717) is 6.04 Å². The van der Waals surface area contributed by atoms with E-state index in [2.05, 4.69) is 23.6 Å². The van der Waals surface area contributed by atoms with Crippen molar-refractivity contribution in [3.8, 4) is 0 Å². The summed E-state index contributed by atoms with van der Waals surface area (Å²) in [6, 6.07) is 0.626. The van der Waals surface area contributed by atoms with Crippen molar-refractivity contribution in [1.29, 1.82) is 0 Å². The zero-order valence-electron chi connectivity index (χ0n) is 9.32. The third-order valence-electron chi connectivity index (χ3n) is 3.02. The van der Waals surface area contributed by atoms with Crippen LogP contribution in [0, 0.1) is 0 Å². The summed E-state index contributed by atoms with van der Waals surface area (Å²) < 4.78 is 4.69. The monoisotopic (exact) mass is 200 g/mol. The molecule has 1 heterocycles. The van der Waals surface area contributed by atoms with E-state index >= 15 is 0 Å². The maximum Gasteiger partial charge on any atom is 0.409 e. The smallest absolute Gasteiger partial charge is 0.409 e. The van der Waals surface area contributed by atoms with Gasteiger partial charge < -0.3 is 14.5 Å². The molecule has 0 bridgehead atoms. The first-order valence-corrected chi connectivity index (χ1v) is 5.22. The van der Waals surface area contributed by atoms with Crippen LogP contribution in [0.25, 0.3) is 0 Å². The highest BCUT2D eigenvalue weighted by Gasteiger charge is 2.24. The fourth-order valence-electron chi connectivity index (χ4n) is 1.88. The Morgan fingerprint density at radius 3 is 2.50 bits per heavy atom. The number of piperidine rings is 1. The predicted octanol–water partition coefficient (Wildman–Crippen LogP) is 1.17. The molecule has 1 aliphatic heterocycles. The van der Waals surface area contributed by atoms with Gasteiger partial charge in [0.1, 0.15) is 0 Å². The first-order chi connectivity index (χ1) is 6.69. The van der Waals surface area contributed by atoms with Crippen LogP contribution in [0.4, 0.5) is 4.79 Å². The Morgan fingerprint density at radius 2 is 2.07 bits per heavy atom. The molecule has 14 heavy (non-hydrogen) atoms. The highest BCUT2D eigenvalue weighted by Crippen LogP contribution is 2.15. The summed E-state index contributed by atoms with van der Waals surface area (Å²) in [6.45, 7) is 4.87. The predicted molar refractivity (Wildman–Crippen MR) is 55.3 cm³/mol. The molecule has 1 amide bonds. The van der Waals surface area contributed by atoms with E-state index in [-0.39, 0.29) is 6.09 Å². The molecule has 4 nitrogen and oxygen atoms in total. The van der Waals surface area contributed by atoms with Crippen molar-refractivity contribution in [2.24, 2.45) is 0 Å². The van der Waals surface area contributed by atoms with Crippen LogP contribution in [0.2, 0.25) is 0 Å². The Bertz CT molecular complexity index is 189. The van der Waals surface area contributed by atoms with E-state index in [1.807, 2.05) is 0 Å². The van der Waals surface area contributed by atoms with Gasteiger partial charge in [0.25, 0.3) is 0 Å². The van der Waals surface area contributed by atoms with E-state index in [1.165, 1.54) is 7.11 Å². The summed E-state index contributed by atoms with van der Waals surface area (Å²) in [5.41, 5.74) is 0. The lowest BCUT2D eigenvalue weighted by Gasteiger charge is -2.35. The average Bonchev–Trinajstić information content (AvgIpc) is 2.27. The molecule has 1 rings (SSSR count). The lowest BCUT2D eigenvalue weighted by Crippen LogP contribution is -2.45. The van der Waals surface area contributed by atoms with Crippen molar-refractivity contribution >= 4 is 6.09 Å². The molecule has 0 radical (unpaired) electrons. The number of amides is 1. The molecule has 0 spiro atoms. The fourth-order valence-corrected chi connectivity index (χ4v) is 1.88. The van der Waals surface area contributed by atoms with Crippen molar-refractivity contribution in [1.82, 2.24) is 9.80 Å². The molecule has 4 heteroatoms. The van der Waals surface area contributed by atoms with Crippen molar-refractivity contribution in [2.45, 2.75) is 25.8 Å². The number of carbonyl (C=O) groups excluding carboxylic acids is 1. The minimum atomic E-state index is -0.192. The van der Waals surface area contributed by atoms with E-state index in [9.17, 15) is 4.79 Å². The summed E-state index contributed by atoms with van der Waals surface area (Å²) in [4.78, 5) is 15.3. The minimum absolute atomic E-state index is 0.192. The Hall–Kier alpha value is -0.770. The zero-order chi connectivity index (χ0) is 10.6. The number of likely N-dealkylation sites (tertiary alicyclic amines) is 1. The van der Waals surface area contributed by atoms with Gasteiger partial charge in [0.2, 0.25) is 0 Å². The quantitative estimate of drug-likeness (QED) is 0.670. The molecule has 1 saturated heterocycles. The first kappa shape index (κ1) is 11.3. The lowest BCUT2D eigenvalue weighted by atomic mass is 10.0. The van der Waals surface area contributed by atoms with Gasteiger partial charge in [0.15, 0.2) is 0 Å². The molecule has 0 aromatic rings.